The molecule has 90 valence electrons. The molecule has 5 heteroatoms. The minimum absolute atomic E-state index is 0.298. The summed E-state index contributed by atoms with van der Waals surface area (Å²) in [5, 5.41) is 15.3. The fourth-order valence-corrected chi connectivity index (χ4v) is 2.28. The molecular formula is C12H13BrN2O2. The number of rotatable bonds is 1. The van der Waals surface area contributed by atoms with Crippen molar-refractivity contribution in [1.29, 1.82) is 0 Å². The maximum Gasteiger partial charge on any atom is 0.276 e. The average Bonchev–Trinajstić information content (AvgIpc) is 2.51. The zero-order valence-corrected chi connectivity index (χ0v) is 11.2. The molecule has 0 radical (unpaired) electrons. The molecule has 0 unspecified atom stereocenters. The highest BCUT2D eigenvalue weighted by atomic mass is 79.9. The van der Waals surface area contributed by atoms with Crippen LogP contribution >= 0.6 is 15.9 Å². The number of aliphatic hydroxyl groups is 1. The van der Waals surface area contributed by atoms with Crippen molar-refractivity contribution >= 4 is 27.5 Å². The molecule has 0 saturated heterocycles. The van der Waals surface area contributed by atoms with E-state index in [2.05, 4.69) is 21.0 Å². The highest BCUT2D eigenvalue weighted by Crippen LogP contribution is 2.27. The zero-order chi connectivity index (χ0) is 12.6. The smallest absolute Gasteiger partial charge is 0.276 e. The predicted molar refractivity (Wildman–Crippen MR) is 68.7 cm³/mol. The Morgan fingerprint density at radius 2 is 2.29 bits per heavy atom. The molecule has 1 atom stereocenters. The van der Waals surface area contributed by atoms with Gasteiger partial charge in [0.25, 0.3) is 5.91 Å². The molecule has 1 aliphatic heterocycles. The monoisotopic (exact) mass is 296 g/mol. The van der Waals surface area contributed by atoms with Crippen LogP contribution in [0.1, 0.15) is 30.6 Å². The molecule has 1 N–H and O–H groups in total. The highest BCUT2D eigenvalue weighted by Gasteiger charge is 2.39. The molecule has 0 aliphatic carbocycles. The van der Waals surface area contributed by atoms with Gasteiger partial charge < -0.3 is 5.11 Å². The summed E-state index contributed by atoms with van der Waals surface area (Å²) < 4.78 is 0.822. The van der Waals surface area contributed by atoms with Crippen molar-refractivity contribution in [3.05, 3.63) is 34.3 Å². The van der Waals surface area contributed by atoms with Gasteiger partial charge in [-0.15, -0.1) is 0 Å². The van der Waals surface area contributed by atoms with Crippen molar-refractivity contribution in [3.8, 4) is 0 Å². The van der Waals surface area contributed by atoms with Crippen LogP contribution in [0.25, 0.3) is 0 Å². The van der Waals surface area contributed by atoms with E-state index in [0.29, 0.717) is 12.0 Å². The van der Waals surface area contributed by atoms with Crippen LogP contribution in [0.5, 0.6) is 0 Å². The minimum atomic E-state index is -1.23. The van der Waals surface area contributed by atoms with E-state index in [4.69, 9.17) is 0 Å². The van der Waals surface area contributed by atoms with Crippen LogP contribution in [0.15, 0.2) is 33.8 Å². The number of nitrogens with zero attached hydrogens (tertiary/aromatic N) is 2. The molecule has 0 spiro atoms. The fraction of sp³-hybridized carbons (Fsp3) is 0.333. The summed E-state index contributed by atoms with van der Waals surface area (Å²) in [6.45, 7) is 3.38. The van der Waals surface area contributed by atoms with Crippen LogP contribution in [-0.2, 0) is 0 Å². The summed E-state index contributed by atoms with van der Waals surface area (Å²) in [6.07, 6.45) is 0.382. The maximum absolute atomic E-state index is 12.2. The number of amides is 1. The number of benzene rings is 1. The Bertz CT molecular complexity index is 497. The third kappa shape index (κ3) is 2.40. The van der Waals surface area contributed by atoms with Crippen molar-refractivity contribution in [1.82, 2.24) is 5.01 Å². The minimum Gasteiger partial charge on any atom is -0.369 e. The van der Waals surface area contributed by atoms with Crippen molar-refractivity contribution in [2.24, 2.45) is 5.10 Å². The largest absolute Gasteiger partial charge is 0.369 e. The van der Waals surface area contributed by atoms with Gasteiger partial charge in [-0.3, -0.25) is 4.79 Å². The number of hydrazone groups is 1. The first-order valence-electron chi connectivity index (χ1n) is 5.27. The standard InChI is InChI=1S/C12H13BrN2O2/c1-8-7-12(2,17)15(14-8)11(16)9-4-3-5-10(13)6-9/h3-6,17H,7H2,1-2H3/t12-/m0/s1. The third-order valence-corrected chi connectivity index (χ3v) is 3.07. The topological polar surface area (TPSA) is 52.9 Å². The second kappa shape index (κ2) is 4.23. The summed E-state index contributed by atoms with van der Waals surface area (Å²) in [4.78, 5) is 12.2. The number of carbonyl (C=O) groups is 1. The Morgan fingerprint density at radius 3 is 2.82 bits per heavy atom. The van der Waals surface area contributed by atoms with Gasteiger partial charge in [0.15, 0.2) is 5.72 Å². The third-order valence-electron chi connectivity index (χ3n) is 2.58. The molecule has 1 aromatic rings. The fourth-order valence-electron chi connectivity index (χ4n) is 1.88. The molecule has 1 aliphatic rings. The number of hydrogen-bond acceptors (Lipinski definition) is 3. The molecule has 4 nitrogen and oxygen atoms in total. The summed E-state index contributed by atoms with van der Waals surface area (Å²) in [6, 6.07) is 7.03. The molecule has 2 rings (SSSR count). The zero-order valence-electron chi connectivity index (χ0n) is 9.64. The van der Waals surface area contributed by atoms with Gasteiger partial charge in [0, 0.05) is 22.2 Å². The van der Waals surface area contributed by atoms with Gasteiger partial charge in [0.1, 0.15) is 0 Å². The van der Waals surface area contributed by atoms with Gasteiger partial charge in [-0.25, -0.2) is 0 Å². The number of carbonyl (C=O) groups excluding carboxylic acids is 1. The van der Waals surface area contributed by atoms with E-state index in [0.717, 1.165) is 15.2 Å². The SMILES string of the molecule is CC1=NN(C(=O)c2cccc(Br)c2)[C@@](C)(O)C1. The Morgan fingerprint density at radius 1 is 1.59 bits per heavy atom. The molecule has 0 fully saturated rings. The molecule has 1 aromatic carbocycles. The number of halogens is 1. The highest BCUT2D eigenvalue weighted by molar-refractivity contribution is 9.10. The molecule has 1 heterocycles. The van der Waals surface area contributed by atoms with E-state index in [1.54, 1.807) is 32.0 Å². The lowest BCUT2D eigenvalue weighted by Gasteiger charge is -2.27. The van der Waals surface area contributed by atoms with Crippen LogP contribution < -0.4 is 0 Å². The quantitative estimate of drug-likeness (QED) is 0.865. The molecular weight excluding hydrogens is 284 g/mol. The van der Waals surface area contributed by atoms with Crippen LogP contribution in [0.2, 0.25) is 0 Å². The second-order valence-corrected chi connectivity index (χ2v) is 5.27. The van der Waals surface area contributed by atoms with Crippen LogP contribution in [0.4, 0.5) is 0 Å². The van der Waals surface area contributed by atoms with Gasteiger partial charge in [-0.1, -0.05) is 22.0 Å². The first-order valence-corrected chi connectivity index (χ1v) is 6.06. The van der Waals surface area contributed by atoms with E-state index < -0.39 is 5.72 Å². The summed E-state index contributed by atoms with van der Waals surface area (Å²) >= 11 is 3.31. The molecule has 0 bridgehead atoms. The lowest BCUT2D eigenvalue weighted by Crippen LogP contribution is -2.43. The summed E-state index contributed by atoms with van der Waals surface area (Å²) in [5.74, 6) is -0.298. The van der Waals surface area contributed by atoms with Gasteiger partial charge in [-0.05, 0) is 32.0 Å². The first kappa shape index (κ1) is 12.3. The Balaban J connectivity index is 2.32. The van der Waals surface area contributed by atoms with Crippen LogP contribution in [0, 0.1) is 0 Å². The predicted octanol–water partition coefficient (Wildman–Crippen LogP) is 2.38. The normalized spacial score (nSPS) is 23.8. The Hall–Kier alpha value is -1.20. The lowest BCUT2D eigenvalue weighted by atomic mass is 10.1. The van der Waals surface area contributed by atoms with Gasteiger partial charge in [0.05, 0.1) is 0 Å². The van der Waals surface area contributed by atoms with Crippen molar-refractivity contribution < 1.29 is 9.90 Å². The van der Waals surface area contributed by atoms with Crippen molar-refractivity contribution in [2.75, 3.05) is 0 Å². The maximum atomic E-state index is 12.2. The Kier molecular flexibility index (Phi) is 3.05. The second-order valence-electron chi connectivity index (χ2n) is 4.36. The summed E-state index contributed by atoms with van der Waals surface area (Å²) in [7, 11) is 0. The van der Waals surface area contributed by atoms with E-state index in [-0.39, 0.29) is 5.91 Å². The lowest BCUT2D eigenvalue weighted by molar-refractivity contribution is -0.0553. The number of hydrogen-bond donors (Lipinski definition) is 1. The van der Waals surface area contributed by atoms with E-state index in [9.17, 15) is 9.90 Å². The average molecular weight is 297 g/mol. The molecule has 0 aromatic heterocycles. The first-order chi connectivity index (χ1) is 7.90. The van der Waals surface area contributed by atoms with Crippen molar-refractivity contribution in [3.63, 3.8) is 0 Å². The van der Waals surface area contributed by atoms with Gasteiger partial charge >= 0.3 is 0 Å². The van der Waals surface area contributed by atoms with Crippen LogP contribution in [-0.4, -0.2) is 27.5 Å². The van der Waals surface area contributed by atoms with Gasteiger partial charge in [0.2, 0.25) is 0 Å². The van der Waals surface area contributed by atoms with E-state index in [1.807, 2.05) is 6.07 Å². The van der Waals surface area contributed by atoms with Crippen LogP contribution in [0.3, 0.4) is 0 Å². The van der Waals surface area contributed by atoms with E-state index >= 15 is 0 Å². The van der Waals surface area contributed by atoms with E-state index in [1.165, 1.54) is 0 Å². The molecule has 17 heavy (non-hydrogen) atoms. The molecule has 1 amide bonds. The Labute approximate surface area is 108 Å². The van der Waals surface area contributed by atoms with Crippen molar-refractivity contribution in [2.45, 2.75) is 26.0 Å². The van der Waals surface area contributed by atoms with Gasteiger partial charge in [-0.2, -0.15) is 10.1 Å². The summed E-state index contributed by atoms with van der Waals surface area (Å²) in [5.41, 5.74) is 0.0141. The molecule has 0 saturated carbocycles.